The fourth-order valence-electron chi connectivity index (χ4n) is 4.19. The Bertz CT molecular complexity index is 1140. The number of nitrogens with zero attached hydrogens (tertiary/aromatic N) is 4. The number of hydrogen-bond donors (Lipinski definition) is 0. The molecular weight excluding hydrogens is 457 g/mol. The molecule has 1 aliphatic rings. The van der Waals surface area contributed by atoms with Gasteiger partial charge in [0.25, 0.3) is 0 Å². The molecule has 0 bridgehead atoms. The zero-order valence-corrected chi connectivity index (χ0v) is 18.8. The van der Waals surface area contributed by atoms with Crippen LogP contribution in [0.4, 0.5) is 13.2 Å². The number of carbonyl (C=O) groups excluding carboxylic acids is 1. The smallest absolute Gasteiger partial charge is 0.368 e. The molecule has 0 saturated carbocycles. The molecule has 4 rings (SSSR count). The summed E-state index contributed by atoms with van der Waals surface area (Å²) in [6.07, 6.45) is -1.57. The number of alkyl halides is 3. The number of halogens is 4. The third-order valence-corrected chi connectivity index (χ3v) is 5.89. The highest BCUT2D eigenvalue weighted by atomic mass is 35.5. The van der Waals surface area contributed by atoms with Gasteiger partial charge in [-0.1, -0.05) is 23.7 Å². The van der Waals surface area contributed by atoms with Crippen molar-refractivity contribution in [3.05, 3.63) is 70.0 Å². The van der Waals surface area contributed by atoms with Gasteiger partial charge in [0, 0.05) is 29.5 Å². The van der Waals surface area contributed by atoms with Crippen LogP contribution >= 0.6 is 11.6 Å². The van der Waals surface area contributed by atoms with Gasteiger partial charge in [0.1, 0.15) is 17.6 Å². The molecule has 3 aromatic rings. The largest absolute Gasteiger partial charge is 0.431 e. The lowest BCUT2D eigenvalue weighted by molar-refractivity contribution is -0.144. The number of benzene rings is 1. The van der Waals surface area contributed by atoms with E-state index in [-0.39, 0.29) is 31.1 Å². The molecule has 1 aliphatic heterocycles. The maximum atomic E-state index is 14.4. The molecule has 0 N–H and O–H groups in total. The van der Waals surface area contributed by atoms with Crippen LogP contribution in [-0.4, -0.2) is 45.5 Å². The van der Waals surface area contributed by atoms with Crippen molar-refractivity contribution < 1.29 is 22.7 Å². The summed E-state index contributed by atoms with van der Waals surface area (Å²) in [6.45, 7) is 3.79. The SMILES string of the molecule is Cc1cnc(Cn2c(C3CN(C=O)CCO3)c(-c3ccc(Cl)cc3)c(C)c2C(F)(F)F)nc1. The van der Waals surface area contributed by atoms with Gasteiger partial charge in [-0.2, -0.15) is 13.2 Å². The van der Waals surface area contributed by atoms with Gasteiger partial charge >= 0.3 is 6.18 Å². The first kappa shape index (κ1) is 23.3. The zero-order valence-electron chi connectivity index (χ0n) is 18.1. The molecule has 1 amide bonds. The van der Waals surface area contributed by atoms with Crippen molar-refractivity contribution in [2.45, 2.75) is 32.7 Å². The number of hydrogen-bond acceptors (Lipinski definition) is 4. The fourth-order valence-corrected chi connectivity index (χ4v) is 4.31. The third kappa shape index (κ3) is 4.74. The van der Waals surface area contributed by atoms with Gasteiger partial charge < -0.3 is 14.2 Å². The normalized spacial score (nSPS) is 16.8. The molecule has 0 aliphatic carbocycles. The fraction of sp³-hybridized carbons (Fsp3) is 0.348. The van der Waals surface area contributed by atoms with E-state index < -0.39 is 18.0 Å². The summed E-state index contributed by atoms with van der Waals surface area (Å²) in [5.74, 6) is 0.244. The van der Waals surface area contributed by atoms with Crippen molar-refractivity contribution in [2.24, 2.45) is 0 Å². The number of aromatic nitrogens is 3. The van der Waals surface area contributed by atoms with Gasteiger partial charge in [-0.3, -0.25) is 4.79 Å². The molecule has 10 heteroatoms. The second-order valence-corrected chi connectivity index (χ2v) is 8.40. The standard InChI is InChI=1S/C23H22ClF3N4O2/c1-14-9-28-19(29-10-14)12-31-21(18-11-30(13-32)7-8-33-18)20(15(2)22(31)23(25,26)27)16-3-5-17(24)6-4-16/h3-6,9-10,13,18H,7-8,11-12H2,1-2H3. The van der Waals surface area contributed by atoms with Crippen LogP contribution in [0.3, 0.4) is 0 Å². The molecule has 2 aromatic heterocycles. The number of morpholine rings is 1. The highest BCUT2D eigenvalue weighted by molar-refractivity contribution is 6.30. The van der Waals surface area contributed by atoms with Gasteiger partial charge in [0.15, 0.2) is 0 Å². The molecular formula is C23H22ClF3N4O2. The first-order chi connectivity index (χ1) is 15.7. The van der Waals surface area contributed by atoms with Gasteiger partial charge in [-0.05, 0) is 42.7 Å². The first-order valence-corrected chi connectivity index (χ1v) is 10.7. The number of ether oxygens (including phenoxy) is 1. The van der Waals surface area contributed by atoms with Crippen LogP contribution in [0, 0.1) is 13.8 Å². The van der Waals surface area contributed by atoms with Crippen molar-refractivity contribution in [1.29, 1.82) is 0 Å². The molecule has 6 nitrogen and oxygen atoms in total. The van der Waals surface area contributed by atoms with Gasteiger partial charge in [-0.15, -0.1) is 0 Å². The van der Waals surface area contributed by atoms with Crippen LogP contribution in [0.1, 0.15) is 34.4 Å². The second kappa shape index (κ2) is 9.15. The predicted octanol–water partition coefficient (Wildman–Crippen LogP) is 4.81. The highest BCUT2D eigenvalue weighted by Gasteiger charge is 2.42. The van der Waals surface area contributed by atoms with Gasteiger partial charge in [-0.25, -0.2) is 9.97 Å². The average molecular weight is 479 g/mol. The Balaban J connectivity index is 1.96. The molecule has 33 heavy (non-hydrogen) atoms. The molecule has 1 saturated heterocycles. The highest BCUT2D eigenvalue weighted by Crippen LogP contribution is 2.44. The quantitative estimate of drug-likeness (QED) is 0.494. The van der Waals surface area contributed by atoms with Crippen molar-refractivity contribution in [3.8, 4) is 11.1 Å². The number of carbonyl (C=O) groups is 1. The number of aryl methyl sites for hydroxylation is 1. The van der Waals surface area contributed by atoms with Gasteiger partial charge in [0.05, 0.1) is 25.4 Å². The Hall–Kier alpha value is -2.91. The minimum Gasteiger partial charge on any atom is -0.368 e. The van der Waals surface area contributed by atoms with E-state index in [1.165, 1.54) is 16.4 Å². The van der Waals surface area contributed by atoms with Crippen molar-refractivity contribution in [1.82, 2.24) is 19.4 Å². The summed E-state index contributed by atoms with van der Waals surface area (Å²) < 4.78 is 50.2. The van der Waals surface area contributed by atoms with Crippen molar-refractivity contribution >= 4 is 18.0 Å². The number of rotatable bonds is 5. The number of amides is 1. The Morgan fingerprint density at radius 2 is 1.85 bits per heavy atom. The lowest BCUT2D eigenvalue weighted by Gasteiger charge is -2.32. The van der Waals surface area contributed by atoms with E-state index in [1.54, 1.807) is 43.6 Å². The van der Waals surface area contributed by atoms with Crippen LogP contribution in [0.5, 0.6) is 0 Å². The maximum Gasteiger partial charge on any atom is 0.431 e. The molecule has 174 valence electrons. The predicted molar refractivity (Wildman–Crippen MR) is 117 cm³/mol. The molecule has 0 spiro atoms. The van der Waals surface area contributed by atoms with E-state index in [9.17, 15) is 18.0 Å². The van der Waals surface area contributed by atoms with E-state index in [0.717, 1.165) is 5.56 Å². The molecule has 1 unspecified atom stereocenters. The van der Waals surface area contributed by atoms with Crippen LogP contribution < -0.4 is 0 Å². The molecule has 0 radical (unpaired) electrons. The van der Waals surface area contributed by atoms with E-state index in [2.05, 4.69) is 9.97 Å². The van der Waals surface area contributed by atoms with Crippen LogP contribution in [0.2, 0.25) is 5.02 Å². The lowest BCUT2D eigenvalue weighted by Crippen LogP contribution is -2.38. The minimum absolute atomic E-state index is 0.0683. The van der Waals surface area contributed by atoms with Crippen LogP contribution in [-0.2, 0) is 22.3 Å². The van der Waals surface area contributed by atoms with Crippen molar-refractivity contribution in [2.75, 3.05) is 19.7 Å². The monoisotopic (exact) mass is 478 g/mol. The lowest BCUT2D eigenvalue weighted by atomic mass is 9.98. The topological polar surface area (TPSA) is 60.2 Å². The maximum absolute atomic E-state index is 14.4. The third-order valence-electron chi connectivity index (χ3n) is 5.63. The minimum atomic E-state index is -4.63. The zero-order chi connectivity index (χ0) is 23.8. The Morgan fingerprint density at radius 3 is 2.45 bits per heavy atom. The van der Waals surface area contributed by atoms with Crippen molar-refractivity contribution in [3.63, 3.8) is 0 Å². The summed E-state index contributed by atoms with van der Waals surface area (Å²) in [6, 6.07) is 6.63. The Kier molecular flexibility index (Phi) is 6.45. The average Bonchev–Trinajstić information content (AvgIpc) is 3.08. The molecule has 1 fully saturated rings. The summed E-state index contributed by atoms with van der Waals surface area (Å²) in [4.78, 5) is 21.3. The molecule has 1 atom stereocenters. The van der Waals surface area contributed by atoms with E-state index in [0.29, 0.717) is 34.8 Å². The van der Waals surface area contributed by atoms with E-state index >= 15 is 0 Å². The summed E-state index contributed by atoms with van der Waals surface area (Å²) in [5, 5.41) is 0.475. The molecule has 3 heterocycles. The first-order valence-electron chi connectivity index (χ1n) is 10.3. The summed E-state index contributed by atoms with van der Waals surface area (Å²) >= 11 is 6.02. The Morgan fingerprint density at radius 1 is 1.18 bits per heavy atom. The second-order valence-electron chi connectivity index (χ2n) is 7.96. The van der Waals surface area contributed by atoms with E-state index in [1.807, 2.05) is 0 Å². The van der Waals surface area contributed by atoms with Crippen LogP contribution in [0.15, 0.2) is 36.7 Å². The summed E-state index contributed by atoms with van der Waals surface area (Å²) in [5.41, 5.74) is 1.39. The molecule has 1 aromatic carbocycles. The van der Waals surface area contributed by atoms with Crippen LogP contribution in [0.25, 0.3) is 11.1 Å². The Labute approximate surface area is 194 Å². The van der Waals surface area contributed by atoms with E-state index in [4.69, 9.17) is 16.3 Å². The summed E-state index contributed by atoms with van der Waals surface area (Å²) in [7, 11) is 0. The van der Waals surface area contributed by atoms with Gasteiger partial charge in [0.2, 0.25) is 6.41 Å².